The molecule has 0 bridgehead atoms. The molecule has 4 rings (SSSR count). The van der Waals surface area contributed by atoms with Gasteiger partial charge in [-0.1, -0.05) is 30.0 Å². The molecule has 0 aliphatic carbocycles. The van der Waals surface area contributed by atoms with Crippen molar-refractivity contribution in [2.24, 2.45) is 0 Å². The number of hydrogen-bond donors (Lipinski definition) is 1. The molecule has 0 radical (unpaired) electrons. The first-order chi connectivity index (χ1) is 15.3. The highest BCUT2D eigenvalue weighted by atomic mass is 32.2. The van der Waals surface area contributed by atoms with E-state index in [0.29, 0.717) is 5.03 Å². The Morgan fingerprint density at radius 3 is 2.66 bits per heavy atom. The molecule has 0 saturated carbocycles. The molecule has 10 heteroatoms. The van der Waals surface area contributed by atoms with Crippen molar-refractivity contribution in [3.05, 3.63) is 65.8 Å². The van der Waals surface area contributed by atoms with Gasteiger partial charge in [-0.2, -0.15) is 13.2 Å². The lowest BCUT2D eigenvalue weighted by atomic mass is 10.1. The lowest BCUT2D eigenvalue weighted by Crippen LogP contribution is -2.15. The van der Waals surface area contributed by atoms with E-state index in [4.69, 9.17) is 4.74 Å². The lowest BCUT2D eigenvalue weighted by molar-refractivity contribution is -0.137. The highest BCUT2D eigenvalue weighted by Crippen LogP contribution is 2.38. The molecule has 0 aliphatic heterocycles. The molecule has 5 nitrogen and oxygen atoms in total. The number of alkyl halides is 3. The number of ether oxygens (including phenoxy) is 1. The number of thioether (sulfide) groups is 1. The number of nitrogens with one attached hydrogen (secondary N) is 1. The van der Waals surface area contributed by atoms with Crippen LogP contribution in [0.5, 0.6) is 5.75 Å². The smallest absolute Gasteiger partial charge is 0.416 e. The Bertz CT molecular complexity index is 1260. The first-order valence-corrected chi connectivity index (χ1v) is 11.2. The Hall–Kier alpha value is -3.11. The summed E-state index contributed by atoms with van der Waals surface area (Å²) < 4.78 is 43.8. The number of fused-ring (bicyclic) bond motifs is 1. The fourth-order valence-electron chi connectivity index (χ4n) is 3.04. The Balaban J connectivity index is 1.52. The number of hydrogen-bond acceptors (Lipinski definition) is 6. The maximum absolute atomic E-state index is 12.9. The van der Waals surface area contributed by atoms with Gasteiger partial charge < -0.3 is 10.1 Å². The van der Waals surface area contributed by atoms with Gasteiger partial charge in [-0.3, -0.25) is 4.79 Å². The van der Waals surface area contributed by atoms with Gasteiger partial charge in [-0.25, -0.2) is 9.97 Å². The van der Waals surface area contributed by atoms with Crippen LogP contribution in [0.2, 0.25) is 0 Å². The van der Waals surface area contributed by atoms with E-state index < -0.39 is 17.6 Å². The first kappa shape index (κ1) is 22.1. The fourth-order valence-corrected chi connectivity index (χ4v) is 4.84. The maximum atomic E-state index is 12.9. The van der Waals surface area contributed by atoms with Gasteiger partial charge in [0.25, 0.3) is 0 Å². The second kappa shape index (κ2) is 9.17. The van der Waals surface area contributed by atoms with Gasteiger partial charge >= 0.3 is 6.18 Å². The predicted molar refractivity (Wildman–Crippen MR) is 120 cm³/mol. The third-order valence-corrected chi connectivity index (χ3v) is 6.43. The van der Waals surface area contributed by atoms with Crippen LogP contribution in [0.1, 0.15) is 5.56 Å². The minimum atomic E-state index is -4.47. The van der Waals surface area contributed by atoms with Crippen molar-refractivity contribution in [1.82, 2.24) is 9.97 Å². The third kappa shape index (κ3) is 4.86. The number of benzene rings is 2. The van der Waals surface area contributed by atoms with Crippen LogP contribution in [0, 0.1) is 0 Å². The predicted octanol–water partition coefficient (Wildman–Crippen LogP) is 6.12. The minimum absolute atomic E-state index is 0.0136. The van der Waals surface area contributed by atoms with Crippen molar-refractivity contribution in [3.63, 3.8) is 0 Å². The molecular formula is C22H16F3N3O2S2. The summed E-state index contributed by atoms with van der Waals surface area (Å²) in [6.07, 6.45) is -3.04. The Morgan fingerprint density at radius 2 is 1.94 bits per heavy atom. The van der Waals surface area contributed by atoms with Gasteiger partial charge in [0.1, 0.15) is 21.9 Å². The van der Waals surface area contributed by atoms with E-state index in [-0.39, 0.29) is 11.4 Å². The standard InChI is InChI=1S/C22H16F3N3O2S2/c1-30-16-7-5-13(6-8-16)17-10-31-20-19(17)21(27-12-26-20)32-11-18(29)28-15-4-2-3-14(9-15)22(23,24)25/h2-10,12H,11H2,1H3,(H,28,29). The van der Waals surface area contributed by atoms with Crippen LogP contribution in [0.4, 0.5) is 18.9 Å². The summed E-state index contributed by atoms with van der Waals surface area (Å²) >= 11 is 2.68. The molecule has 2 aromatic heterocycles. The van der Waals surface area contributed by atoms with E-state index in [1.807, 2.05) is 29.6 Å². The lowest BCUT2D eigenvalue weighted by Gasteiger charge is -2.10. The van der Waals surface area contributed by atoms with E-state index >= 15 is 0 Å². The molecule has 1 amide bonds. The number of halogens is 3. The van der Waals surface area contributed by atoms with Crippen LogP contribution >= 0.6 is 23.1 Å². The van der Waals surface area contributed by atoms with Crippen molar-refractivity contribution >= 4 is 44.9 Å². The minimum Gasteiger partial charge on any atom is -0.497 e. The molecule has 0 spiro atoms. The zero-order chi connectivity index (χ0) is 22.7. The molecule has 1 N–H and O–H groups in total. The van der Waals surface area contributed by atoms with Crippen LogP contribution < -0.4 is 10.1 Å². The number of rotatable bonds is 6. The number of thiophene rings is 1. The molecule has 164 valence electrons. The van der Waals surface area contributed by atoms with Gasteiger partial charge in [0.2, 0.25) is 5.91 Å². The molecule has 2 heterocycles. The SMILES string of the molecule is COc1ccc(-c2csc3ncnc(SCC(=O)Nc4cccc(C(F)(F)F)c4)c23)cc1. The summed E-state index contributed by atoms with van der Waals surface area (Å²) in [5, 5.41) is 5.95. The summed E-state index contributed by atoms with van der Waals surface area (Å²) in [6, 6.07) is 12.1. The molecular weight excluding hydrogens is 459 g/mol. The Morgan fingerprint density at radius 1 is 1.16 bits per heavy atom. The van der Waals surface area contributed by atoms with E-state index in [1.165, 1.54) is 41.6 Å². The van der Waals surface area contributed by atoms with Crippen molar-refractivity contribution in [1.29, 1.82) is 0 Å². The van der Waals surface area contributed by atoms with Crippen LogP contribution in [0.25, 0.3) is 21.3 Å². The average Bonchev–Trinajstić information content (AvgIpc) is 3.22. The number of amides is 1. The van der Waals surface area contributed by atoms with Crippen LogP contribution in [-0.2, 0) is 11.0 Å². The third-order valence-electron chi connectivity index (χ3n) is 4.55. The highest BCUT2D eigenvalue weighted by molar-refractivity contribution is 8.00. The van der Waals surface area contributed by atoms with Crippen LogP contribution in [-0.4, -0.2) is 28.7 Å². The molecule has 0 saturated heterocycles. The number of nitrogens with zero attached hydrogens (tertiary/aromatic N) is 2. The van der Waals surface area contributed by atoms with Crippen molar-refractivity contribution < 1.29 is 22.7 Å². The fraction of sp³-hybridized carbons (Fsp3) is 0.136. The summed E-state index contributed by atoms with van der Waals surface area (Å²) in [7, 11) is 1.60. The quantitative estimate of drug-likeness (QED) is 0.269. The normalized spacial score (nSPS) is 11.5. The number of carbonyl (C=O) groups is 1. The summed E-state index contributed by atoms with van der Waals surface area (Å²) in [5.74, 6) is 0.299. The second-order valence-corrected chi connectivity index (χ2v) is 8.47. The van der Waals surface area contributed by atoms with Gasteiger partial charge in [0.05, 0.1) is 23.8 Å². The Kier molecular flexibility index (Phi) is 6.33. The number of anilines is 1. The average molecular weight is 476 g/mol. The summed E-state index contributed by atoms with van der Waals surface area (Å²) in [5.41, 5.74) is 1.17. The molecule has 0 aliphatic rings. The molecule has 0 unspecified atom stereocenters. The molecule has 0 fully saturated rings. The van der Waals surface area contributed by atoms with Gasteiger partial charge in [0, 0.05) is 16.6 Å². The van der Waals surface area contributed by atoms with E-state index in [2.05, 4.69) is 15.3 Å². The number of carbonyl (C=O) groups excluding carboxylic acids is 1. The highest BCUT2D eigenvalue weighted by Gasteiger charge is 2.30. The maximum Gasteiger partial charge on any atom is 0.416 e. The zero-order valence-corrected chi connectivity index (χ0v) is 18.3. The second-order valence-electron chi connectivity index (χ2n) is 6.65. The summed E-state index contributed by atoms with van der Waals surface area (Å²) in [4.78, 5) is 21.8. The zero-order valence-electron chi connectivity index (χ0n) is 16.6. The van der Waals surface area contributed by atoms with E-state index in [1.54, 1.807) is 7.11 Å². The molecule has 0 atom stereocenters. The summed E-state index contributed by atoms with van der Waals surface area (Å²) in [6.45, 7) is 0. The molecule has 2 aromatic carbocycles. The van der Waals surface area contributed by atoms with Crippen molar-refractivity contribution in [3.8, 4) is 16.9 Å². The van der Waals surface area contributed by atoms with E-state index in [0.717, 1.165) is 39.2 Å². The van der Waals surface area contributed by atoms with Crippen molar-refractivity contribution in [2.75, 3.05) is 18.2 Å². The molecule has 4 aromatic rings. The van der Waals surface area contributed by atoms with Gasteiger partial charge in [-0.05, 0) is 35.9 Å². The monoisotopic (exact) mass is 475 g/mol. The topological polar surface area (TPSA) is 64.1 Å². The van der Waals surface area contributed by atoms with E-state index in [9.17, 15) is 18.0 Å². The first-order valence-electron chi connectivity index (χ1n) is 9.31. The Labute approximate surface area is 189 Å². The van der Waals surface area contributed by atoms with Crippen molar-refractivity contribution in [2.45, 2.75) is 11.2 Å². The van der Waals surface area contributed by atoms with Gasteiger partial charge in [0.15, 0.2) is 0 Å². The number of methoxy groups -OCH3 is 1. The van der Waals surface area contributed by atoms with Gasteiger partial charge in [-0.15, -0.1) is 11.3 Å². The van der Waals surface area contributed by atoms with Crippen LogP contribution in [0.3, 0.4) is 0 Å². The molecule has 32 heavy (non-hydrogen) atoms. The largest absolute Gasteiger partial charge is 0.497 e. The number of aromatic nitrogens is 2. The van der Waals surface area contributed by atoms with Crippen LogP contribution in [0.15, 0.2) is 65.3 Å².